The first-order valence-corrected chi connectivity index (χ1v) is 6.99. The smallest absolute Gasteiger partial charge is 0.0480 e. The lowest BCUT2D eigenvalue weighted by atomic mass is 10.0. The number of aryl methyl sites for hydroxylation is 1. The summed E-state index contributed by atoms with van der Waals surface area (Å²) in [6, 6.07) is 9.79. The molecule has 1 aliphatic rings. The highest BCUT2D eigenvalue weighted by atomic mass is 15.0. The van der Waals surface area contributed by atoms with E-state index in [1.165, 1.54) is 35.0 Å². The molecule has 0 saturated carbocycles. The van der Waals surface area contributed by atoms with Gasteiger partial charge < -0.3 is 9.88 Å². The normalized spacial score (nSPS) is 20.1. The van der Waals surface area contributed by atoms with Gasteiger partial charge in [0.05, 0.1) is 0 Å². The van der Waals surface area contributed by atoms with Crippen molar-refractivity contribution in [3.63, 3.8) is 0 Å². The van der Waals surface area contributed by atoms with Gasteiger partial charge in [-0.3, -0.25) is 0 Å². The maximum atomic E-state index is 3.59. The fourth-order valence-corrected chi connectivity index (χ4v) is 3.02. The van der Waals surface area contributed by atoms with E-state index in [0.717, 1.165) is 6.54 Å². The lowest BCUT2D eigenvalue weighted by Crippen LogP contribution is -2.15. The minimum Gasteiger partial charge on any atom is -0.346 e. The van der Waals surface area contributed by atoms with Crippen molar-refractivity contribution in [2.45, 2.75) is 38.6 Å². The van der Waals surface area contributed by atoms with Gasteiger partial charge in [-0.1, -0.05) is 19.9 Å². The summed E-state index contributed by atoms with van der Waals surface area (Å²) in [6.07, 6.45) is 2.56. The fourth-order valence-electron chi connectivity index (χ4n) is 3.02. The Balaban J connectivity index is 2.09. The Kier molecular flexibility index (Phi) is 2.90. The second-order valence-electron chi connectivity index (χ2n) is 5.75. The molecule has 1 atom stereocenters. The van der Waals surface area contributed by atoms with Gasteiger partial charge in [0, 0.05) is 29.7 Å². The molecule has 2 heterocycles. The van der Waals surface area contributed by atoms with Crippen molar-refractivity contribution < 1.29 is 0 Å². The van der Waals surface area contributed by atoms with Crippen molar-refractivity contribution >= 4 is 10.9 Å². The predicted octanol–water partition coefficient (Wildman–Crippen LogP) is 3.73. The van der Waals surface area contributed by atoms with Crippen molar-refractivity contribution in [1.82, 2.24) is 9.88 Å². The Bertz CT molecular complexity index is 560. The van der Waals surface area contributed by atoms with Gasteiger partial charge in [-0.25, -0.2) is 0 Å². The lowest BCUT2D eigenvalue weighted by Gasteiger charge is -2.11. The Hall–Kier alpha value is -1.28. The minimum atomic E-state index is 0.546. The molecule has 1 saturated heterocycles. The van der Waals surface area contributed by atoms with E-state index >= 15 is 0 Å². The first kappa shape index (κ1) is 11.8. The summed E-state index contributed by atoms with van der Waals surface area (Å²) in [6.45, 7) is 5.66. The van der Waals surface area contributed by atoms with Crippen LogP contribution in [-0.4, -0.2) is 11.1 Å². The molecule has 96 valence electrons. The SMILES string of the molecule is CC(C)c1ccc2c(c1)cc(C1CCCN1)n2C. The molecular formula is C16H22N2. The number of rotatable bonds is 2. The van der Waals surface area contributed by atoms with Crippen molar-refractivity contribution in [2.75, 3.05) is 6.54 Å². The second-order valence-corrected chi connectivity index (χ2v) is 5.75. The summed E-state index contributed by atoms with van der Waals surface area (Å²) in [5.41, 5.74) is 4.21. The van der Waals surface area contributed by atoms with Crippen LogP contribution in [0.5, 0.6) is 0 Å². The molecule has 0 radical (unpaired) electrons. The van der Waals surface area contributed by atoms with E-state index in [2.05, 4.69) is 55.0 Å². The number of hydrogen-bond acceptors (Lipinski definition) is 1. The largest absolute Gasteiger partial charge is 0.346 e. The standard InChI is InChI=1S/C16H22N2/c1-11(2)12-6-7-15-13(9-12)10-16(18(15)3)14-5-4-8-17-14/h6-7,9-11,14,17H,4-5,8H2,1-3H3. The average molecular weight is 242 g/mol. The highest BCUT2D eigenvalue weighted by Gasteiger charge is 2.20. The highest BCUT2D eigenvalue weighted by molar-refractivity contribution is 5.82. The van der Waals surface area contributed by atoms with Crippen molar-refractivity contribution in [3.05, 3.63) is 35.5 Å². The van der Waals surface area contributed by atoms with Crippen LogP contribution in [0.1, 0.15) is 49.9 Å². The van der Waals surface area contributed by atoms with Crippen molar-refractivity contribution in [3.8, 4) is 0 Å². The van der Waals surface area contributed by atoms with Gasteiger partial charge in [0.15, 0.2) is 0 Å². The quantitative estimate of drug-likeness (QED) is 0.849. The molecule has 1 N–H and O–H groups in total. The Labute approximate surface area is 109 Å². The van der Waals surface area contributed by atoms with E-state index in [-0.39, 0.29) is 0 Å². The van der Waals surface area contributed by atoms with Gasteiger partial charge in [-0.2, -0.15) is 0 Å². The van der Waals surface area contributed by atoms with Crippen LogP contribution in [0.3, 0.4) is 0 Å². The molecule has 1 unspecified atom stereocenters. The Morgan fingerprint density at radius 3 is 2.78 bits per heavy atom. The molecule has 1 aromatic carbocycles. The molecule has 18 heavy (non-hydrogen) atoms. The van der Waals surface area contributed by atoms with Crippen LogP contribution in [0, 0.1) is 0 Å². The zero-order valence-corrected chi connectivity index (χ0v) is 11.5. The van der Waals surface area contributed by atoms with Gasteiger partial charge in [-0.05, 0) is 49.1 Å². The first-order chi connectivity index (χ1) is 8.66. The summed E-state index contributed by atoms with van der Waals surface area (Å²) in [5, 5.41) is 4.97. The number of benzene rings is 1. The summed E-state index contributed by atoms with van der Waals surface area (Å²) < 4.78 is 2.35. The van der Waals surface area contributed by atoms with Crippen LogP contribution in [0.2, 0.25) is 0 Å². The van der Waals surface area contributed by atoms with Crippen molar-refractivity contribution in [1.29, 1.82) is 0 Å². The molecule has 2 aromatic rings. The predicted molar refractivity (Wildman–Crippen MR) is 77.0 cm³/mol. The highest BCUT2D eigenvalue weighted by Crippen LogP contribution is 2.30. The average Bonchev–Trinajstić information content (AvgIpc) is 2.97. The third-order valence-electron chi connectivity index (χ3n) is 4.19. The number of hydrogen-bond donors (Lipinski definition) is 1. The molecular weight excluding hydrogens is 220 g/mol. The summed E-state index contributed by atoms with van der Waals surface area (Å²) in [4.78, 5) is 0. The molecule has 0 aliphatic carbocycles. The molecule has 0 amide bonds. The molecule has 1 aliphatic heterocycles. The fraction of sp³-hybridized carbons (Fsp3) is 0.500. The van der Waals surface area contributed by atoms with Crippen molar-refractivity contribution in [2.24, 2.45) is 7.05 Å². The Morgan fingerprint density at radius 2 is 2.11 bits per heavy atom. The van der Waals surface area contributed by atoms with Crippen LogP contribution in [0.15, 0.2) is 24.3 Å². The lowest BCUT2D eigenvalue weighted by molar-refractivity contribution is 0.604. The minimum absolute atomic E-state index is 0.546. The van der Waals surface area contributed by atoms with Gasteiger partial charge in [-0.15, -0.1) is 0 Å². The van der Waals surface area contributed by atoms with Crippen LogP contribution >= 0.6 is 0 Å². The zero-order valence-electron chi connectivity index (χ0n) is 11.5. The third kappa shape index (κ3) is 1.85. The first-order valence-electron chi connectivity index (χ1n) is 6.99. The van der Waals surface area contributed by atoms with E-state index in [0.29, 0.717) is 12.0 Å². The number of nitrogens with zero attached hydrogens (tertiary/aromatic N) is 1. The van der Waals surface area contributed by atoms with E-state index in [1.807, 2.05) is 0 Å². The van der Waals surface area contributed by atoms with E-state index in [4.69, 9.17) is 0 Å². The van der Waals surface area contributed by atoms with Crippen LogP contribution in [-0.2, 0) is 7.05 Å². The number of nitrogens with one attached hydrogen (secondary N) is 1. The van der Waals surface area contributed by atoms with Gasteiger partial charge in [0.25, 0.3) is 0 Å². The van der Waals surface area contributed by atoms with Crippen LogP contribution in [0.4, 0.5) is 0 Å². The summed E-state index contributed by atoms with van der Waals surface area (Å²) >= 11 is 0. The Morgan fingerprint density at radius 1 is 1.28 bits per heavy atom. The number of aromatic nitrogens is 1. The maximum absolute atomic E-state index is 3.59. The molecule has 2 heteroatoms. The molecule has 0 bridgehead atoms. The van der Waals surface area contributed by atoms with E-state index in [9.17, 15) is 0 Å². The van der Waals surface area contributed by atoms with Crippen LogP contribution in [0.25, 0.3) is 10.9 Å². The van der Waals surface area contributed by atoms with E-state index < -0.39 is 0 Å². The van der Waals surface area contributed by atoms with Gasteiger partial charge in [0.1, 0.15) is 0 Å². The topological polar surface area (TPSA) is 17.0 Å². The molecule has 3 rings (SSSR count). The molecule has 1 aromatic heterocycles. The monoisotopic (exact) mass is 242 g/mol. The zero-order chi connectivity index (χ0) is 12.7. The van der Waals surface area contributed by atoms with Gasteiger partial charge >= 0.3 is 0 Å². The molecule has 1 fully saturated rings. The second kappa shape index (κ2) is 4.43. The maximum Gasteiger partial charge on any atom is 0.0480 e. The third-order valence-corrected chi connectivity index (χ3v) is 4.19. The summed E-state index contributed by atoms with van der Waals surface area (Å²) in [7, 11) is 2.19. The molecule has 2 nitrogen and oxygen atoms in total. The summed E-state index contributed by atoms with van der Waals surface area (Å²) in [5.74, 6) is 0.600. The van der Waals surface area contributed by atoms with Crippen LogP contribution < -0.4 is 5.32 Å². The number of fused-ring (bicyclic) bond motifs is 1. The van der Waals surface area contributed by atoms with Gasteiger partial charge in [0.2, 0.25) is 0 Å². The van der Waals surface area contributed by atoms with E-state index in [1.54, 1.807) is 0 Å². The molecule has 0 spiro atoms.